The van der Waals surface area contributed by atoms with E-state index >= 15 is 0 Å². The second-order valence-electron chi connectivity index (χ2n) is 5.04. The van der Waals surface area contributed by atoms with E-state index < -0.39 is 0 Å². The van der Waals surface area contributed by atoms with E-state index in [9.17, 15) is 4.79 Å². The van der Waals surface area contributed by atoms with Crippen LogP contribution in [-0.2, 0) is 0 Å². The minimum atomic E-state index is 0.213. The van der Waals surface area contributed by atoms with Gasteiger partial charge in [0.15, 0.2) is 5.78 Å². The zero-order valence-electron chi connectivity index (χ0n) is 10.1. The van der Waals surface area contributed by atoms with Crippen LogP contribution in [0.25, 0.3) is 0 Å². The summed E-state index contributed by atoms with van der Waals surface area (Å²) < 4.78 is 0. The number of hydrogen-bond donors (Lipinski definition) is 0. The van der Waals surface area contributed by atoms with Crippen LogP contribution in [0.3, 0.4) is 0 Å². The lowest BCUT2D eigenvalue weighted by atomic mass is 9.80. The Morgan fingerprint density at radius 1 is 1.31 bits per heavy atom. The number of Topliss-reactive ketones (excluding diaryl/α,β-unsaturated/α-hetero) is 1. The van der Waals surface area contributed by atoms with Crippen molar-refractivity contribution in [2.45, 2.75) is 39.5 Å². The average Bonchev–Trinajstić information content (AvgIpc) is 2.29. The van der Waals surface area contributed by atoms with Gasteiger partial charge in [0.2, 0.25) is 0 Å². The molecule has 0 bridgehead atoms. The molecule has 0 amide bonds. The molecule has 0 unspecified atom stereocenters. The van der Waals surface area contributed by atoms with Gasteiger partial charge in [-0.25, -0.2) is 0 Å². The highest BCUT2D eigenvalue weighted by molar-refractivity contribution is 5.96. The van der Waals surface area contributed by atoms with Crippen LogP contribution < -0.4 is 0 Å². The third kappa shape index (κ3) is 2.49. The fourth-order valence-corrected chi connectivity index (χ4v) is 2.40. The van der Waals surface area contributed by atoms with E-state index in [1.54, 1.807) is 6.20 Å². The van der Waals surface area contributed by atoms with Gasteiger partial charge in [0.25, 0.3) is 0 Å². The third-order valence-electron chi connectivity index (χ3n) is 3.55. The second kappa shape index (κ2) is 4.77. The van der Waals surface area contributed by atoms with Crippen molar-refractivity contribution >= 4 is 5.78 Å². The van der Waals surface area contributed by atoms with E-state index in [0.29, 0.717) is 5.69 Å². The maximum atomic E-state index is 12.2. The Bertz CT molecular complexity index is 378. The Labute approximate surface area is 97.1 Å². The van der Waals surface area contributed by atoms with Crippen molar-refractivity contribution in [2.75, 3.05) is 0 Å². The van der Waals surface area contributed by atoms with E-state index in [4.69, 9.17) is 0 Å². The van der Waals surface area contributed by atoms with Gasteiger partial charge in [-0.05, 0) is 43.4 Å². The number of rotatable bonds is 2. The lowest BCUT2D eigenvalue weighted by molar-refractivity contribution is 0.0870. The number of aryl methyl sites for hydroxylation is 1. The van der Waals surface area contributed by atoms with Gasteiger partial charge in [0.05, 0.1) is 0 Å². The number of aromatic nitrogens is 1. The van der Waals surface area contributed by atoms with Crippen LogP contribution in [-0.4, -0.2) is 10.8 Å². The molecule has 1 heterocycles. The standard InChI is InChI=1S/C14H19NO/c1-10-3-5-12(6-4-10)14(16)13-9-11(2)7-8-15-13/h7-10,12H,3-6H2,1-2H3. The highest BCUT2D eigenvalue weighted by Crippen LogP contribution is 2.30. The van der Waals surface area contributed by atoms with Crippen LogP contribution in [0.2, 0.25) is 0 Å². The molecule has 1 saturated carbocycles. The Balaban J connectivity index is 2.08. The van der Waals surface area contributed by atoms with Crippen LogP contribution in [0.1, 0.15) is 48.7 Å². The van der Waals surface area contributed by atoms with Gasteiger partial charge in [-0.1, -0.05) is 19.8 Å². The van der Waals surface area contributed by atoms with Crippen molar-refractivity contribution in [3.63, 3.8) is 0 Å². The van der Waals surface area contributed by atoms with Crippen molar-refractivity contribution in [1.29, 1.82) is 0 Å². The molecule has 0 N–H and O–H groups in total. The predicted octanol–water partition coefficient (Wildman–Crippen LogP) is 3.40. The fourth-order valence-electron chi connectivity index (χ4n) is 2.40. The maximum Gasteiger partial charge on any atom is 0.184 e. The molecule has 1 aliphatic carbocycles. The van der Waals surface area contributed by atoms with E-state index in [0.717, 1.165) is 24.3 Å². The summed E-state index contributed by atoms with van der Waals surface area (Å²) in [6.45, 7) is 4.27. The molecule has 0 aliphatic heterocycles. The summed E-state index contributed by atoms with van der Waals surface area (Å²) in [5.74, 6) is 1.25. The first-order valence-electron chi connectivity index (χ1n) is 6.13. The number of carbonyl (C=O) groups is 1. The Hall–Kier alpha value is -1.18. The molecule has 0 spiro atoms. The summed E-state index contributed by atoms with van der Waals surface area (Å²) in [7, 11) is 0. The number of nitrogens with zero attached hydrogens (tertiary/aromatic N) is 1. The number of hydrogen-bond acceptors (Lipinski definition) is 2. The van der Waals surface area contributed by atoms with Crippen molar-refractivity contribution < 1.29 is 4.79 Å². The molecule has 2 rings (SSSR count). The van der Waals surface area contributed by atoms with Crippen LogP contribution in [0.5, 0.6) is 0 Å². The van der Waals surface area contributed by atoms with Gasteiger partial charge >= 0.3 is 0 Å². The van der Waals surface area contributed by atoms with Gasteiger partial charge in [0, 0.05) is 12.1 Å². The quantitative estimate of drug-likeness (QED) is 0.711. The molecule has 0 radical (unpaired) electrons. The van der Waals surface area contributed by atoms with Crippen LogP contribution in [0, 0.1) is 18.8 Å². The molecule has 1 aromatic rings. The molecule has 1 fully saturated rings. The molecular weight excluding hydrogens is 198 g/mol. The first-order valence-corrected chi connectivity index (χ1v) is 6.13. The second-order valence-corrected chi connectivity index (χ2v) is 5.04. The van der Waals surface area contributed by atoms with Crippen LogP contribution in [0.4, 0.5) is 0 Å². The highest BCUT2D eigenvalue weighted by atomic mass is 16.1. The van der Waals surface area contributed by atoms with Crippen molar-refractivity contribution in [3.05, 3.63) is 29.6 Å². The van der Waals surface area contributed by atoms with E-state index in [1.165, 1.54) is 12.8 Å². The van der Waals surface area contributed by atoms with E-state index in [2.05, 4.69) is 11.9 Å². The van der Waals surface area contributed by atoms with Crippen molar-refractivity contribution in [2.24, 2.45) is 11.8 Å². The molecule has 1 aliphatic rings. The molecule has 86 valence electrons. The Morgan fingerprint density at radius 2 is 2.00 bits per heavy atom. The van der Waals surface area contributed by atoms with Crippen LogP contribution in [0.15, 0.2) is 18.3 Å². The Morgan fingerprint density at radius 3 is 2.62 bits per heavy atom. The van der Waals surface area contributed by atoms with Crippen molar-refractivity contribution in [3.8, 4) is 0 Å². The SMILES string of the molecule is Cc1ccnc(C(=O)C2CCC(C)CC2)c1. The van der Waals surface area contributed by atoms with Gasteiger partial charge in [-0.3, -0.25) is 9.78 Å². The summed E-state index contributed by atoms with van der Waals surface area (Å²) in [6.07, 6.45) is 6.17. The van der Waals surface area contributed by atoms with Gasteiger partial charge in [-0.2, -0.15) is 0 Å². The first kappa shape index (κ1) is 11.3. The molecule has 0 atom stereocenters. The van der Waals surface area contributed by atoms with Gasteiger partial charge in [0.1, 0.15) is 5.69 Å². The normalized spacial score (nSPS) is 25.4. The summed E-state index contributed by atoms with van der Waals surface area (Å²) >= 11 is 0. The zero-order chi connectivity index (χ0) is 11.5. The van der Waals surface area contributed by atoms with Gasteiger partial charge < -0.3 is 0 Å². The summed E-state index contributed by atoms with van der Waals surface area (Å²) in [4.78, 5) is 16.4. The molecule has 0 saturated heterocycles. The first-order chi connectivity index (χ1) is 7.66. The average molecular weight is 217 g/mol. The molecule has 1 aromatic heterocycles. The van der Waals surface area contributed by atoms with Gasteiger partial charge in [-0.15, -0.1) is 0 Å². The minimum Gasteiger partial charge on any atom is -0.292 e. The third-order valence-corrected chi connectivity index (χ3v) is 3.55. The smallest absolute Gasteiger partial charge is 0.184 e. The lowest BCUT2D eigenvalue weighted by Crippen LogP contribution is -2.21. The Kier molecular flexibility index (Phi) is 3.37. The zero-order valence-corrected chi connectivity index (χ0v) is 10.1. The van der Waals surface area contributed by atoms with E-state index in [-0.39, 0.29) is 11.7 Å². The lowest BCUT2D eigenvalue weighted by Gasteiger charge is -2.24. The maximum absolute atomic E-state index is 12.2. The number of carbonyl (C=O) groups excluding carboxylic acids is 1. The summed E-state index contributed by atoms with van der Waals surface area (Å²) in [6, 6.07) is 3.83. The topological polar surface area (TPSA) is 30.0 Å². The van der Waals surface area contributed by atoms with Crippen molar-refractivity contribution in [1.82, 2.24) is 4.98 Å². The minimum absolute atomic E-state index is 0.213. The number of ketones is 1. The molecule has 16 heavy (non-hydrogen) atoms. The molecule has 0 aromatic carbocycles. The number of pyridine rings is 1. The summed E-state index contributed by atoms with van der Waals surface area (Å²) in [5.41, 5.74) is 1.77. The largest absolute Gasteiger partial charge is 0.292 e. The molecular formula is C14H19NO. The summed E-state index contributed by atoms with van der Waals surface area (Å²) in [5, 5.41) is 0. The fraction of sp³-hybridized carbons (Fsp3) is 0.571. The molecule has 2 nitrogen and oxygen atoms in total. The predicted molar refractivity (Wildman–Crippen MR) is 64.4 cm³/mol. The van der Waals surface area contributed by atoms with Crippen LogP contribution >= 0.6 is 0 Å². The van der Waals surface area contributed by atoms with E-state index in [1.807, 2.05) is 19.1 Å². The highest BCUT2D eigenvalue weighted by Gasteiger charge is 2.25. The monoisotopic (exact) mass is 217 g/mol. The molecule has 2 heteroatoms.